The Morgan fingerprint density at radius 2 is 2.06 bits per heavy atom. The molecule has 0 spiro atoms. The fourth-order valence-corrected chi connectivity index (χ4v) is 2.43. The van der Waals surface area contributed by atoms with Crippen LogP contribution >= 0.6 is 11.3 Å². The van der Waals surface area contributed by atoms with Crippen LogP contribution in [-0.2, 0) is 9.47 Å². The number of rotatable bonds is 4. The zero-order valence-electron chi connectivity index (χ0n) is 10.0. The van der Waals surface area contributed by atoms with Crippen LogP contribution < -0.4 is 0 Å². The summed E-state index contributed by atoms with van der Waals surface area (Å²) in [6.45, 7) is 2.02. The second-order valence-corrected chi connectivity index (χ2v) is 4.41. The van der Waals surface area contributed by atoms with Crippen LogP contribution in [0.25, 0.3) is 10.7 Å². The van der Waals surface area contributed by atoms with Gasteiger partial charge in [-0.05, 0) is 18.6 Å². The highest BCUT2D eigenvalue weighted by Crippen LogP contribution is 2.27. The molecule has 0 amide bonds. The summed E-state index contributed by atoms with van der Waals surface area (Å²) in [5.41, 5.74) is 2.80. The zero-order valence-corrected chi connectivity index (χ0v) is 10.8. The number of hydrogen-bond acceptors (Lipinski definition) is 5. The number of methoxy groups -OCH3 is 2. The minimum atomic E-state index is -0.413. The highest BCUT2D eigenvalue weighted by molar-refractivity contribution is 7.13. The molecular formula is C12H14N2O2S. The van der Waals surface area contributed by atoms with Gasteiger partial charge in [0.05, 0.1) is 0 Å². The van der Waals surface area contributed by atoms with Gasteiger partial charge in [0.1, 0.15) is 16.4 Å². The van der Waals surface area contributed by atoms with E-state index in [1.54, 1.807) is 31.8 Å². The Bertz CT molecular complexity index is 495. The molecule has 0 fully saturated rings. The summed E-state index contributed by atoms with van der Waals surface area (Å²) in [7, 11) is 3.19. The maximum Gasteiger partial charge on any atom is 0.201 e. The van der Waals surface area contributed by atoms with E-state index in [4.69, 9.17) is 9.47 Å². The smallest absolute Gasteiger partial charge is 0.201 e. The van der Waals surface area contributed by atoms with Crippen molar-refractivity contribution in [2.24, 2.45) is 0 Å². The topological polar surface area (TPSA) is 44.2 Å². The highest BCUT2D eigenvalue weighted by atomic mass is 32.1. The summed E-state index contributed by atoms with van der Waals surface area (Å²) < 4.78 is 10.3. The van der Waals surface area contributed by atoms with Crippen molar-refractivity contribution in [3.05, 3.63) is 35.0 Å². The van der Waals surface area contributed by atoms with Crippen LogP contribution in [0.5, 0.6) is 0 Å². The molecule has 0 aromatic carbocycles. The molecule has 90 valence electrons. The average Bonchev–Trinajstić information content (AvgIpc) is 2.81. The van der Waals surface area contributed by atoms with E-state index in [9.17, 15) is 0 Å². The first kappa shape index (κ1) is 12.2. The first-order valence-electron chi connectivity index (χ1n) is 5.19. The molecule has 0 N–H and O–H groups in total. The van der Waals surface area contributed by atoms with E-state index in [0.717, 1.165) is 22.0 Å². The second kappa shape index (κ2) is 5.35. The summed E-state index contributed by atoms with van der Waals surface area (Å²) in [6, 6.07) is 3.94. The van der Waals surface area contributed by atoms with Crippen LogP contribution in [0.4, 0.5) is 0 Å². The lowest BCUT2D eigenvalue weighted by molar-refractivity contribution is -0.108. The number of ether oxygens (including phenoxy) is 2. The third kappa shape index (κ3) is 2.52. The number of hydrogen-bond donors (Lipinski definition) is 0. The van der Waals surface area contributed by atoms with Crippen LogP contribution in [0.15, 0.2) is 23.7 Å². The SMILES string of the molecule is COC(OC)c1csc(-c2ncccc2C)n1. The molecule has 2 rings (SSSR count). The molecule has 0 aliphatic rings. The third-order valence-electron chi connectivity index (χ3n) is 2.40. The number of aryl methyl sites for hydroxylation is 1. The maximum atomic E-state index is 5.17. The molecule has 0 radical (unpaired) electrons. The van der Waals surface area contributed by atoms with Crippen molar-refractivity contribution in [2.45, 2.75) is 13.2 Å². The van der Waals surface area contributed by atoms with Crippen LogP contribution in [0.1, 0.15) is 17.5 Å². The molecule has 0 unspecified atom stereocenters. The van der Waals surface area contributed by atoms with Crippen LogP contribution in [0.2, 0.25) is 0 Å². The van der Waals surface area contributed by atoms with Gasteiger partial charge in [0.25, 0.3) is 0 Å². The minimum absolute atomic E-state index is 0.413. The molecule has 2 aromatic heterocycles. The zero-order chi connectivity index (χ0) is 12.3. The van der Waals surface area contributed by atoms with Gasteiger partial charge in [-0.2, -0.15) is 0 Å². The average molecular weight is 250 g/mol. The normalized spacial score (nSPS) is 11.1. The van der Waals surface area contributed by atoms with Gasteiger partial charge in [-0.1, -0.05) is 6.07 Å². The lowest BCUT2D eigenvalue weighted by Crippen LogP contribution is -2.03. The molecule has 0 aliphatic carbocycles. The Hall–Kier alpha value is -1.30. The third-order valence-corrected chi connectivity index (χ3v) is 3.27. The van der Waals surface area contributed by atoms with E-state index < -0.39 is 6.29 Å². The van der Waals surface area contributed by atoms with Gasteiger partial charge >= 0.3 is 0 Å². The van der Waals surface area contributed by atoms with Crippen molar-refractivity contribution in [1.29, 1.82) is 0 Å². The van der Waals surface area contributed by atoms with Gasteiger partial charge in [-0.15, -0.1) is 11.3 Å². The van der Waals surface area contributed by atoms with Crippen molar-refractivity contribution in [2.75, 3.05) is 14.2 Å². The Kier molecular flexibility index (Phi) is 3.83. The van der Waals surface area contributed by atoms with Crippen LogP contribution in [0.3, 0.4) is 0 Å². The maximum absolute atomic E-state index is 5.17. The van der Waals surface area contributed by atoms with Gasteiger partial charge < -0.3 is 9.47 Å². The monoisotopic (exact) mass is 250 g/mol. The van der Waals surface area contributed by atoms with Gasteiger partial charge in [-0.25, -0.2) is 4.98 Å². The molecule has 0 atom stereocenters. The molecule has 2 heterocycles. The lowest BCUT2D eigenvalue weighted by atomic mass is 10.2. The van der Waals surface area contributed by atoms with Gasteiger partial charge in [-0.3, -0.25) is 4.98 Å². The first-order chi connectivity index (χ1) is 8.26. The largest absolute Gasteiger partial charge is 0.350 e. The quantitative estimate of drug-likeness (QED) is 0.783. The van der Waals surface area contributed by atoms with E-state index in [0.29, 0.717) is 0 Å². The predicted molar refractivity (Wildman–Crippen MR) is 66.8 cm³/mol. The summed E-state index contributed by atoms with van der Waals surface area (Å²) in [6.07, 6.45) is 1.36. The standard InChI is InChI=1S/C12H14N2O2S/c1-8-5-4-6-13-10(8)11-14-9(7-17-11)12(15-2)16-3/h4-7,12H,1-3H3. The van der Waals surface area contributed by atoms with Gasteiger partial charge in [0.15, 0.2) is 0 Å². The second-order valence-electron chi connectivity index (χ2n) is 3.55. The van der Waals surface area contributed by atoms with Crippen molar-refractivity contribution in [1.82, 2.24) is 9.97 Å². The van der Waals surface area contributed by atoms with Gasteiger partial charge in [0, 0.05) is 25.8 Å². The molecule has 0 bridgehead atoms. The molecule has 0 saturated carbocycles. The van der Waals surface area contributed by atoms with Crippen molar-refractivity contribution < 1.29 is 9.47 Å². The van der Waals surface area contributed by atoms with Crippen molar-refractivity contribution in [3.63, 3.8) is 0 Å². The summed E-state index contributed by atoms with van der Waals surface area (Å²) in [5, 5.41) is 2.82. The molecular weight excluding hydrogens is 236 g/mol. The molecule has 0 aliphatic heterocycles. The van der Waals surface area contributed by atoms with Crippen molar-refractivity contribution in [3.8, 4) is 10.7 Å². The minimum Gasteiger partial charge on any atom is -0.350 e. The van der Waals surface area contributed by atoms with E-state index in [-0.39, 0.29) is 0 Å². The van der Waals surface area contributed by atoms with E-state index in [2.05, 4.69) is 9.97 Å². The van der Waals surface area contributed by atoms with E-state index >= 15 is 0 Å². The predicted octanol–water partition coefficient (Wildman–Crippen LogP) is 2.80. The number of aromatic nitrogens is 2. The Morgan fingerprint density at radius 3 is 2.71 bits per heavy atom. The van der Waals surface area contributed by atoms with Crippen LogP contribution in [-0.4, -0.2) is 24.2 Å². The fraction of sp³-hybridized carbons (Fsp3) is 0.333. The van der Waals surface area contributed by atoms with E-state index in [1.165, 1.54) is 0 Å². The Morgan fingerprint density at radius 1 is 1.29 bits per heavy atom. The molecule has 0 saturated heterocycles. The summed E-state index contributed by atoms with van der Waals surface area (Å²) >= 11 is 1.54. The first-order valence-corrected chi connectivity index (χ1v) is 6.07. The summed E-state index contributed by atoms with van der Waals surface area (Å²) in [4.78, 5) is 8.83. The Balaban J connectivity index is 2.33. The highest BCUT2D eigenvalue weighted by Gasteiger charge is 2.15. The lowest BCUT2D eigenvalue weighted by Gasteiger charge is -2.09. The molecule has 4 nitrogen and oxygen atoms in total. The molecule has 2 aromatic rings. The van der Waals surface area contributed by atoms with Crippen LogP contribution in [0, 0.1) is 6.92 Å². The van der Waals surface area contributed by atoms with Gasteiger partial charge in [0.2, 0.25) is 6.29 Å². The van der Waals surface area contributed by atoms with Crippen molar-refractivity contribution >= 4 is 11.3 Å². The number of pyridine rings is 1. The Labute approximate surface area is 104 Å². The molecule has 17 heavy (non-hydrogen) atoms. The molecule has 5 heteroatoms. The number of nitrogens with zero attached hydrogens (tertiary/aromatic N) is 2. The fourth-order valence-electron chi connectivity index (χ4n) is 1.55. The summed E-state index contributed by atoms with van der Waals surface area (Å²) in [5.74, 6) is 0. The van der Waals surface area contributed by atoms with E-state index in [1.807, 2.05) is 24.4 Å². The number of thiazole rings is 1.